The van der Waals surface area contributed by atoms with Gasteiger partial charge in [0.2, 0.25) is 0 Å². The van der Waals surface area contributed by atoms with Crippen molar-refractivity contribution in [2.24, 2.45) is 0 Å². The third kappa shape index (κ3) is 6.33. The molecule has 0 saturated carbocycles. The summed E-state index contributed by atoms with van der Waals surface area (Å²) in [6.07, 6.45) is -0.165. The average molecular weight is 352 g/mol. The van der Waals surface area contributed by atoms with Crippen molar-refractivity contribution in [3.8, 4) is 0 Å². The van der Waals surface area contributed by atoms with Crippen LogP contribution in [-0.2, 0) is 14.0 Å². The molecule has 1 saturated heterocycles. The summed E-state index contributed by atoms with van der Waals surface area (Å²) < 4.78 is 22.3. The Morgan fingerprint density at radius 2 is 2.09 bits per heavy atom. The summed E-state index contributed by atoms with van der Waals surface area (Å²) in [5.41, 5.74) is -0.687. The van der Waals surface area contributed by atoms with Gasteiger partial charge in [0.05, 0.1) is 12.7 Å². The number of nitrogens with zero attached hydrogens (tertiary/aromatic N) is 1. The van der Waals surface area contributed by atoms with E-state index in [0.29, 0.717) is 5.56 Å². The molecule has 9 nitrogen and oxygen atoms in total. The maximum absolute atomic E-state index is 11.7. The predicted molar refractivity (Wildman–Crippen MR) is 79.0 cm³/mol. The van der Waals surface area contributed by atoms with E-state index in [9.17, 15) is 14.2 Å². The second-order valence-electron chi connectivity index (χ2n) is 4.58. The standard InChI is InChI=1S/C10H15N2O7P.2Na/c1-6-3-12(10(14)11-9(6)13)8-2-7(4-18-8)19-5-20(15,16)17;;/h3,7-8H,2,4-5H2,1H3,(H,11,13,14)(H2,15,16,17);;. The zero-order valence-electron chi connectivity index (χ0n) is 12.7. The number of aromatic nitrogens is 2. The second-order valence-corrected chi connectivity index (χ2v) is 6.17. The fourth-order valence-electron chi connectivity index (χ4n) is 1.89. The number of hydrogen-bond acceptors (Lipinski definition) is 5. The molecule has 1 fully saturated rings. The predicted octanol–water partition coefficient (Wildman–Crippen LogP) is -1.48. The summed E-state index contributed by atoms with van der Waals surface area (Å²) in [7, 11) is -4.23. The Bertz CT molecular complexity index is 655. The zero-order valence-corrected chi connectivity index (χ0v) is 17.6. The number of hydrogen-bond donors (Lipinski definition) is 3. The Morgan fingerprint density at radius 1 is 1.45 bits per heavy atom. The van der Waals surface area contributed by atoms with Crippen molar-refractivity contribution in [2.45, 2.75) is 25.7 Å². The van der Waals surface area contributed by atoms with E-state index in [1.165, 1.54) is 10.8 Å². The molecule has 0 amide bonds. The third-order valence-corrected chi connectivity index (χ3v) is 3.36. The number of ether oxygens (including phenoxy) is 2. The van der Waals surface area contributed by atoms with Gasteiger partial charge in [-0.05, 0) is 6.92 Å². The molecule has 12 heteroatoms. The molecule has 22 heavy (non-hydrogen) atoms. The van der Waals surface area contributed by atoms with Gasteiger partial charge in [-0.3, -0.25) is 18.9 Å². The summed E-state index contributed by atoms with van der Waals surface area (Å²) in [6.45, 7) is 1.68. The molecule has 2 heterocycles. The molecule has 1 aromatic heterocycles. The van der Waals surface area contributed by atoms with Crippen LogP contribution in [0.25, 0.3) is 0 Å². The first kappa shape index (κ1) is 22.8. The molecule has 0 aliphatic carbocycles. The SMILES string of the molecule is Cc1cn(C2CC(OCP(=O)(O)O)CO2)c(=O)[nH]c1=O.[Na].[Na]. The van der Waals surface area contributed by atoms with Crippen LogP contribution in [0, 0.1) is 6.92 Å². The van der Waals surface area contributed by atoms with Crippen molar-refractivity contribution in [1.29, 1.82) is 0 Å². The van der Waals surface area contributed by atoms with Crippen molar-refractivity contribution < 1.29 is 23.8 Å². The molecular formula is C10H15N2Na2O7P. The summed E-state index contributed by atoms with van der Waals surface area (Å²) in [4.78, 5) is 42.5. The minimum absolute atomic E-state index is 0. The van der Waals surface area contributed by atoms with Crippen LogP contribution in [0.2, 0.25) is 0 Å². The van der Waals surface area contributed by atoms with Gasteiger partial charge in [0.15, 0.2) is 0 Å². The fraction of sp³-hybridized carbons (Fsp3) is 0.600. The summed E-state index contributed by atoms with van der Waals surface area (Å²) in [5.74, 6) is 0. The minimum Gasteiger partial charge on any atom is -0.363 e. The van der Waals surface area contributed by atoms with E-state index in [2.05, 4.69) is 4.98 Å². The molecular weight excluding hydrogens is 337 g/mol. The maximum Gasteiger partial charge on any atom is 0.350 e. The number of aromatic amines is 1. The van der Waals surface area contributed by atoms with Crippen LogP contribution < -0.4 is 11.2 Å². The topological polar surface area (TPSA) is 131 Å². The minimum atomic E-state index is -4.23. The van der Waals surface area contributed by atoms with E-state index in [1.54, 1.807) is 6.92 Å². The van der Waals surface area contributed by atoms with E-state index in [0.717, 1.165) is 0 Å². The van der Waals surface area contributed by atoms with Crippen LogP contribution in [0.4, 0.5) is 0 Å². The van der Waals surface area contributed by atoms with Gasteiger partial charge in [0.25, 0.3) is 5.56 Å². The van der Waals surface area contributed by atoms with E-state index < -0.39 is 37.5 Å². The van der Waals surface area contributed by atoms with Crippen LogP contribution in [-0.4, -0.2) is 97.5 Å². The largest absolute Gasteiger partial charge is 0.363 e. The van der Waals surface area contributed by atoms with Crippen molar-refractivity contribution in [3.63, 3.8) is 0 Å². The smallest absolute Gasteiger partial charge is 0.350 e. The summed E-state index contributed by atoms with van der Waals surface area (Å²) in [6, 6.07) is 0. The molecule has 0 aromatic carbocycles. The molecule has 2 unspecified atom stereocenters. The molecule has 1 aliphatic heterocycles. The third-order valence-electron chi connectivity index (χ3n) is 2.87. The Balaban J connectivity index is 0.00000220. The van der Waals surface area contributed by atoms with E-state index in [-0.39, 0.29) is 72.1 Å². The zero-order chi connectivity index (χ0) is 14.9. The number of nitrogens with one attached hydrogen (secondary N) is 1. The van der Waals surface area contributed by atoms with Gasteiger partial charge >= 0.3 is 13.3 Å². The normalized spacial score (nSPS) is 21.0. The van der Waals surface area contributed by atoms with Crippen molar-refractivity contribution >= 4 is 66.7 Å². The van der Waals surface area contributed by atoms with Gasteiger partial charge in [-0.15, -0.1) is 0 Å². The Labute approximate surface area is 170 Å². The monoisotopic (exact) mass is 352 g/mol. The van der Waals surface area contributed by atoms with Gasteiger partial charge < -0.3 is 19.3 Å². The maximum atomic E-state index is 11.7. The Kier molecular flexibility index (Phi) is 9.61. The molecule has 0 bridgehead atoms. The van der Waals surface area contributed by atoms with Crippen LogP contribution in [0.15, 0.2) is 15.8 Å². The molecule has 1 aromatic rings. The molecule has 3 N–H and O–H groups in total. The molecule has 114 valence electrons. The molecule has 1 aliphatic rings. The number of H-pyrrole nitrogens is 1. The van der Waals surface area contributed by atoms with Crippen LogP contribution >= 0.6 is 7.60 Å². The number of aryl methyl sites for hydroxylation is 1. The first-order valence-electron chi connectivity index (χ1n) is 5.86. The number of rotatable bonds is 4. The van der Waals surface area contributed by atoms with Gasteiger partial charge in [-0.1, -0.05) is 0 Å². The molecule has 0 spiro atoms. The fourth-order valence-corrected chi connectivity index (χ4v) is 2.30. The van der Waals surface area contributed by atoms with Gasteiger partial charge in [0.1, 0.15) is 12.6 Å². The Hall–Kier alpha value is 0.750. The molecule has 2 radical (unpaired) electrons. The molecule has 2 rings (SSSR count). The quantitative estimate of drug-likeness (QED) is 0.445. The van der Waals surface area contributed by atoms with E-state index >= 15 is 0 Å². The first-order valence-corrected chi connectivity index (χ1v) is 7.66. The van der Waals surface area contributed by atoms with Crippen LogP contribution in [0.3, 0.4) is 0 Å². The van der Waals surface area contributed by atoms with Crippen molar-refractivity contribution in [1.82, 2.24) is 9.55 Å². The van der Waals surface area contributed by atoms with Crippen LogP contribution in [0.1, 0.15) is 18.2 Å². The van der Waals surface area contributed by atoms with Crippen molar-refractivity contribution in [2.75, 3.05) is 13.0 Å². The average Bonchev–Trinajstić information content (AvgIpc) is 2.79. The van der Waals surface area contributed by atoms with Gasteiger partial charge in [-0.2, -0.15) is 0 Å². The first-order chi connectivity index (χ1) is 9.26. The van der Waals surface area contributed by atoms with Gasteiger partial charge in [-0.25, -0.2) is 4.79 Å². The van der Waals surface area contributed by atoms with E-state index in [4.69, 9.17) is 19.3 Å². The second kappa shape index (κ2) is 9.29. The van der Waals surface area contributed by atoms with Crippen LogP contribution in [0.5, 0.6) is 0 Å². The van der Waals surface area contributed by atoms with E-state index in [1.807, 2.05) is 0 Å². The Morgan fingerprint density at radius 3 is 2.68 bits per heavy atom. The molecule has 2 atom stereocenters. The summed E-state index contributed by atoms with van der Waals surface area (Å²) >= 11 is 0. The van der Waals surface area contributed by atoms with Gasteiger partial charge in [0, 0.05) is 77.3 Å². The summed E-state index contributed by atoms with van der Waals surface area (Å²) in [5, 5.41) is 0. The van der Waals surface area contributed by atoms with Crippen molar-refractivity contribution in [3.05, 3.63) is 32.6 Å².